The first kappa shape index (κ1) is 11.5. The minimum atomic E-state index is 0.315. The Bertz CT molecular complexity index is 163. The molecule has 0 aliphatic heterocycles. The highest BCUT2D eigenvalue weighted by Crippen LogP contribution is 2.67. The standard InChI is InChI=1S/C12H25P/c1-6-7-8-12(10(2)3)9-11(12)13(4)5/h10-11H,6-9H2,1-5H3. The Morgan fingerprint density at radius 3 is 2.31 bits per heavy atom. The number of hydrogen-bond donors (Lipinski definition) is 0. The van der Waals surface area contributed by atoms with E-state index in [0.717, 1.165) is 17.0 Å². The Morgan fingerprint density at radius 1 is 1.38 bits per heavy atom. The summed E-state index contributed by atoms with van der Waals surface area (Å²) in [4.78, 5) is 0. The molecule has 1 aliphatic carbocycles. The summed E-state index contributed by atoms with van der Waals surface area (Å²) in [5, 5.41) is 0. The zero-order valence-electron chi connectivity index (χ0n) is 9.93. The lowest BCUT2D eigenvalue weighted by atomic mass is 9.87. The van der Waals surface area contributed by atoms with Crippen molar-refractivity contribution < 1.29 is 0 Å². The lowest BCUT2D eigenvalue weighted by Crippen LogP contribution is -2.14. The molecule has 0 nitrogen and oxygen atoms in total. The van der Waals surface area contributed by atoms with Gasteiger partial charge in [-0.05, 0) is 43.2 Å². The number of rotatable bonds is 5. The average Bonchev–Trinajstić information content (AvgIpc) is 2.76. The van der Waals surface area contributed by atoms with Crippen molar-refractivity contribution in [1.82, 2.24) is 0 Å². The number of unbranched alkanes of at least 4 members (excludes halogenated alkanes) is 1. The maximum atomic E-state index is 2.45. The zero-order chi connectivity index (χ0) is 10.1. The van der Waals surface area contributed by atoms with Crippen molar-refractivity contribution in [1.29, 1.82) is 0 Å². The SMILES string of the molecule is CCCCC1(C(C)C)CC1P(C)C. The van der Waals surface area contributed by atoms with Crippen molar-refractivity contribution in [2.75, 3.05) is 13.3 Å². The summed E-state index contributed by atoms with van der Waals surface area (Å²) < 4.78 is 0. The van der Waals surface area contributed by atoms with E-state index in [0.29, 0.717) is 7.92 Å². The van der Waals surface area contributed by atoms with E-state index in [4.69, 9.17) is 0 Å². The Hall–Kier alpha value is 0.430. The summed E-state index contributed by atoms with van der Waals surface area (Å²) in [5.41, 5.74) is 1.86. The van der Waals surface area contributed by atoms with E-state index >= 15 is 0 Å². The van der Waals surface area contributed by atoms with E-state index in [1.807, 2.05) is 0 Å². The van der Waals surface area contributed by atoms with Crippen LogP contribution in [0.15, 0.2) is 0 Å². The van der Waals surface area contributed by atoms with Crippen LogP contribution in [0.5, 0.6) is 0 Å². The molecule has 1 aliphatic rings. The van der Waals surface area contributed by atoms with Gasteiger partial charge in [-0.1, -0.05) is 33.6 Å². The van der Waals surface area contributed by atoms with Crippen LogP contribution < -0.4 is 0 Å². The molecule has 0 saturated heterocycles. The van der Waals surface area contributed by atoms with Crippen molar-refractivity contribution in [2.45, 2.75) is 52.1 Å². The van der Waals surface area contributed by atoms with Gasteiger partial charge in [0.05, 0.1) is 0 Å². The van der Waals surface area contributed by atoms with Crippen LogP contribution in [-0.4, -0.2) is 19.0 Å². The minimum absolute atomic E-state index is 0.315. The molecule has 1 heteroatoms. The van der Waals surface area contributed by atoms with Gasteiger partial charge in [-0.3, -0.25) is 0 Å². The molecule has 13 heavy (non-hydrogen) atoms. The van der Waals surface area contributed by atoms with Crippen LogP contribution in [-0.2, 0) is 0 Å². The quantitative estimate of drug-likeness (QED) is 0.579. The molecule has 0 spiro atoms. The normalized spacial score (nSPS) is 33.0. The minimum Gasteiger partial charge on any atom is -0.109 e. The smallest absolute Gasteiger partial charge is 0.0149 e. The van der Waals surface area contributed by atoms with Gasteiger partial charge in [0.2, 0.25) is 0 Å². The fourth-order valence-corrected chi connectivity index (χ4v) is 4.84. The molecule has 0 aromatic heterocycles. The molecule has 1 saturated carbocycles. The van der Waals surface area contributed by atoms with Crippen LogP contribution in [0.1, 0.15) is 46.5 Å². The first-order valence-electron chi connectivity index (χ1n) is 5.71. The van der Waals surface area contributed by atoms with E-state index < -0.39 is 0 Å². The third kappa shape index (κ3) is 2.27. The molecule has 0 amide bonds. The van der Waals surface area contributed by atoms with Gasteiger partial charge in [-0.2, -0.15) is 0 Å². The predicted octanol–water partition coefficient (Wildman–Crippen LogP) is 4.33. The van der Waals surface area contributed by atoms with Gasteiger partial charge in [0.1, 0.15) is 0 Å². The van der Waals surface area contributed by atoms with Gasteiger partial charge in [0.25, 0.3) is 0 Å². The molecule has 0 N–H and O–H groups in total. The first-order valence-corrected chi connectivity index (χ1v) is 8.01. The third-order valence-corrected chi connectivity index (χ3v) is 5.79. The Balaban J connectivity index is 2.50. The van der Waals surface area contributed by atoms with Gasteiger partial charge in [0, 0.05) is 0 Å². The molecule has 78 valence electrons. The molecule has 0 bridgehead atoms. The van der Waals surface area contributed by atoms with Gasteiger partial charge < -0.3 is 0 Å². The molecular formula is C12H25P. The van der Waals surface area contributed by atoms with Gasteiger partial charge in [-0.25, -0.2) is 0 Å². The highest BCUT2D eigenvalue weighted by Gasteiger charge is 2.55. The van der Waals surface area contributed by atoms with E-state index in [1.54, 1.807) is 0 Å². The van der Waals surface area contributed by atoms with Crippen LogP contribution in [0, 0.1) is 11.3 Å². The predicted molar refractivity (Wildman–Crippen MR) is 64.0 cm³/mol. The monoisotopic (exact) mass is 200 g/mol. The molecule has 1 rings (SSSR count). The fraction of sp³-hybridized carbons (Fsp3) is 1.00. The molecule has 0 aromatic rings. The van der Waals surface area contributed by atoms with Gasteiger partial charge >= 0.3 is 0 Å². The second-order valence-electron chi connectivity index (χ2n) is 5.17. The van der Waals surface area contributed by atoms with Crippen molar-refractivity contribution in [3.05, 3.63) is 0 Å². The Morgan fingerprint density at radius 2 is 2.00 bits per heavy atom. The topological polar surface area (TPSA) is 0 Å². The average molecular weight is 200 g/mol. The van der Waals surface area contributed by atoms with E-state index in [-0.39, 0.29) is 0 Å². The van der Waals surface area contributed by atoms with Gasteiger partial charge in [0.15, 0.2) is 0 Å². The first-order chi connectivity index (χ1) is 6.04. The molecule has 2 atom stereocenters. The van der Waals surface area contributed by atoms with Crippen LogP contribution in [0.4, 0.5) is 0 Å². The fourth-order valence-electron chi connectivity index (χ4n) is 2.68. The summed E-state index contributed by atoms with van der Waals surface area (Å²) in [6.07, 6.45) is 5.83. The highest BCUT2D eigenvalue weighted by molar-refractivity contribution is 7.57. The second kappa shape index (κ2) is 4.30. The van der Waals surface area contributed by atoms with Crippen molar-refractivity contribution >= 4 is 7.92 Å². The second-order valence-corrected chi connectivity index (χ2v) is 7.73. The van der Waals surface area contributed by atoms with E-state index in [9.17, 15) is 0 Å². The maximum absolute atomic E-state index is 2.45. The highest BCUT2D eigenvalue weighted by atomic mass is 31.1. The molecule has 0 aromatic carbocycles. The van der Waals surface area contributed by atoms with Gasteiger partial charge in [-0.15, -0.1) is 7.92 Å². The lowest BCUT2D eigenvalue weighted by Gasteiger charge is -2.23. The summed E-state index contributed by atoms with van der Waals surface area (Å²) >= 11 is 0. The Labute approximate surface area is 85.2 Å². The van der Waals surface area contributed by atoms with Crippen LogP contribution >= 0.6 is 7.92 Å². The third-order valence-electron chi connectivity index (χ3n) is 3.85. The van der Waals surface area contributed by atoms with E-state index in [1.165, 1.54) is 25.7 Å². The molecular weight excluding hydrogens is 175 g/mol. The van der Waals surface area contributed by atoms with Crippen LogP contribution in [0.25, 0.3) is 0 Å². The van der Waals surface area contributed by atoms with Crippen molar-refractivity contribution in [3.8, 4) is 0 Å². The molecule has 1 fully saturated rings. The summed E-state index contributed by atoms with van der Waals surface area (Å²) in [5.74, 6) is 0.911. The summed E-state index contributed by atoms with van der Waals surface area (Å²) in [6, 6.07) is 0. The van der Waals surface area contributed by atoms with Crippen LogP contribution in [0.3, 0.4) is 0 Å². The van der Waals surface area contributed by atoms with Crippen molar-refractivity contribution in [3.63, 3.8) is 0 Å². The van der Waals surface area contributed by atoms with Crippen molar-refractivity contribution in [2.24, 2.45) is 11.3 Å². The van der Waals surface area contributed by atoms with Crippen LogP contribution in [0.2, 0.25) is 0 Å². The summed E-state index contributed by atoms with van der Waals surface area (Å²) in [6.45, 7) is 12.1. The zero-order valence-corrected chi connectivity index (χ0v) is 10.8. The largest absolute Gasteiger partial charge is 0.109 e. The lowest BCUT2D eigenvalue weighted by molar-refractivity contribution is 0.326. The summed E-state index contributed by atoms with van der Waals surface area (Å²) in [7, 11) is 0.315. The molecule has 0 heterocycles. The molecule has 0 radical (unpaired) electrons. The maximum Gasteiger partial charge on any atom is -0.0149 e. The van der Waals surface area contributed by atoms with E-state index in [2.05, 4.69) is 34.1 Å². The number of hydrogen-bond acceptors (Lipinski definition) is 0. The Kier molecular flexibility index (Phi) is 3.81. The molecule has 2 unspecified atom stereocenters.